The molecule has 1 N–H and O–H groups in total. The number of rotatable bonds is 4. The van der Waals surface area contributed by atoms with E-state index in [2.05, 4.69) is 10.2 Å². The second-order valence-corrected chi connectivity index (χ2v) is 8.81. The van der Waals surface area contributed by atoms with Crippen molar-refractivity contribution in [1.29, 1.82) is 0 Å². The summed E-state index contributed by atoms with van der Waals surface area (Å²) in [6.07, 6.45) is 0.0968. The monoisotopic (exact) mass is 507 g/mol. The van der Waals surface area contributed by atoms with Crippen LogP contribution in [0.25, 0.3) is 10.9 Å². The first-order chi connectivity index (χ1) is 13.4. The molecule has 3 heterocycles. The van der Waals surface area contributed by atoms with Crippen molar-refractivity contribution in [3.63, 3.8) is 0 Å². The first-order valence-electron chi connectivity index (χ1n) is 9.83. The molecule has 2 aliphatic rings. The predicted octanol–water partition coefficient (Wildman–Crippen LogP) is 4.86. The van der Waals surface area contributed by atoms with Crippen LogP contribution in [0, 0.1) is 3.70 Å². The van der Waals surface area contributed by atoms with Crippen LogP contribution >= 0.6 is 22.6 Å². The maximum atomic E-state index is 12.9. The van der Waals surface area contributed by atoms with Gasteiger partial charge in [-0.3, -0.25) is 0 Å². The van der Waals surface area contributed by atoms with Gasteiger partial charge in [0.1, 0.15) is 6.54 Å². The smallest absolute Gasteiger partial charge is 0.382 e. The minimum atomic E-state index is -4.23. The number of ether oxygens (including phenoxy) is 1. The molecule has 0 atom stereocenters. The van der Waals surface area contributed by atoms with E-state index in [1.165, 1.54) is 4.57 Å². The summed E-state index contributed by atoms with van der Waals surface area (Å²) in [5, 5.41) is 4.47. The highest BCUT2D eigenvalue weighted by Crippen LogP contribution is 2.32. The zero-order valence-electron chi connectivity index (χ0n) is 15.6. The van der Waals surface area contributed by atoms with Crippen LogP contribution in [-0.2, 0) is 11.3 Å². The van der Waals surface area contributed by atoms with E-state index in [0.29, 0.717) is 21.3 Å². The van der Waals surface area contributed by atoms with Gasteiger partial charge >= 0.3 is 6.18 Å². The van der Waals surface area contributed by atoms with E-state index < -0.39 is 12.7 Å². The van der Waals surface area contributed by atoms with Crippen LogP contribution in [0.4, 0.5) is 18.9 Å². The number of alkyl halides is 3. The summed E-state index contributed by atoms with van der Waals surface area (Å²) in [5.74, 6) is 0. The Morgan fingerprint density at radius 2 is 1.82 bits per heavy atom. The van der Waals surface area contributed by atoms with Crippen LogP contribution in [0.2, 0.25) is 0 Å². The van der Waals surface area contributed by atoms with Gasteiger partial charge in [-0.1, -0.05) is 6.07 Å². The Morgan fingerprint density at radius 3 is 2.50 bits per heavy atom. The zero-order chi connectivity index (χ0) is 19.7. The van der Waals surface area contributed by atoms with Gasteiger partial charge in [-0.15, -0.1) is 0 Å². The van der Waals surface area contributed by atoms with Crippen molar-refractivity contribution in [2.45, 2.75) is 50.5 Å². The fourth-order valence-corrected chi connectivity index (χ4v) is 5.14. The second-order valence-electron chi connectivity index (χ2n) is 7.70. The largest absolute Gasteiger partial charge is 0.406 e. The molecule has 2 fully saturated rings. The molecule has 1 aromatic carbocycles. The number of nitrogens with one attached hydrogen (secondary N) is 1. The Kier molecular flexibility index (Phi) is 6.08. The highest BCUT2D eigenvalue weighted by molar-refractivity contribution is 14.1. The number of fused-ring (bicyclic) bond motifs is 1. The lowest BCUT2D eigenvalue weighted by molar-refractivity contribution is -0.140. The van der Waals surface area contributed by atoms with E-state index >= 15 is 0 Å². The van der Waals surface area contributed by atoms with Crippen LogP contribution in [0.15, 0.2) is 24.3 Å². The molecule has 0 aliphatic carbocycles. The number of hydrogen-bond acceptors (Lipinski definition) is 3. The molecule has 0 amide bonds. The summed E-state index contributed by atoms with van der Waals surface area (Å²) in [7, 11) is 0. The molecule has 4 nitrogen and oxygen atoms in total. The van der Waals surface area contributed by atoms with Gasteiger partial charge in [0.15, 0.2) is 0 Å². The number of piperidine rings is 1. The van der Waals surface area contributed by atoms with Crippen molar-refractivity contribution in [3.8, 4) is 0 Å². The molecule has 1 aromatic heterocycles. The third-order valence-corrected chi connectivity index (χ3v) is 6.72. The Morgan fingerprint density at radius 1 is 1.11 bits per heavy atom. The summed E-state index contributed by atoms with van der Waals surface area (Å²) < 4.78 is 46.2. The van der Waals surface area contributed by atoms with E-state index in [4.69, 9.17) is 4.74 Å². The molecule has 2 aliphatic heterocycles. The first kappa shape index (κ1) is 20.3. The summed E-state index contributed by atoms with van der Waals surface area (Å²) >= 11 is 1.99. The third kappa shape index (κ3) is 4.59. The molecule has 0 unspecified atom stereocenters. The van der Waals surface area contributed by atoms with E-state index in [1.807, 2.05) is 40.8 Å². The number of likely N-dealkylation sites (tertiary alicyclic amines) is 1. The molecule has 2 aromatic rings. The van der Waals surface area contributed by atoms with Crippen LogP contribution in [0.1, 0.15) is 25.7 Å². The number of hydrogen-bond donors (Lipinski definition) is 1. The Bertz CT molecular complexity index is 809. The minimum absolute atomic E-state index is 0.352. The van der Waals surface area contributed by atoms with Gasteiger partial charge in [-0.05, 0) is 66.5 Å². The zero-order valence-corrected chi connectivity index (χ0v) is 17.8. The van der Waals surface area contributed by atoms with Crippen LogP contribution in [0.3, 0.4) is 0 Å². The molecule has 8 heteroatoms. The van der Waals surface area contributed by atoms with Crippen molar-refractivity contribution < 1.29 is 17.9 Å². The normalized spacial score (nSPS) is 20.7. The standard InChI is InChI=1S/C20H25F3IN3O/c21-20(22,23)13-27-18-3-1-2-17(16(18)12-19(27)24)25-14-4-8-26(9-5-14)15-6-10-28-11-7-15/h1-3,12,14-15,25H,4-11,13H2. The Hall–Kier alpha value is -1.00. The summed E-state index contributed by atoms with van der Waals surface area (Å²) in [6, 6.07) is 8.41. The van der Waals surface area contributed by atoms with E-state index in [-0.39, 0.29) is 0 Å². The molecular weight excluding hydrogens is 482 g/mol. The number of anilines is 1. The van der Waals surface area contributed by atoms with Crippen LogP contribution in [-0.4, -0.2) is 54.0 Å². The van der Waals surface area contributed by atoms with E-state index in [9.17, 15) is 13.2 Å². The number of halogens is 4. The van der Waals surface area contributed by atoms with Crippen LogP contribution in [0.5, 0.6) is 0 Å². The van der Waals surface area contributed by atoms with Gasteiger partial charge in [0.2, 0.25) is 0 Å². The summed E-state index contributed by atoms with van der Waals surface area (Å²) in [6.45, 7) is 2.88. The average Bonchev–Trinajstić information content (AvgIpc) is 2.98. The molecule has 2 saturated heterocycles. The SMILES string of the molecule is FC(F)(F)Cn1c(I)cc2c(NC3CCN(C4CCOCC4)CC3)cccc21. The highest BCUT2D eigenvalue weighted by Gasteiger charge is 2.30. The topological polar surface area (TPSA) is 29.4 Å². The molecule has 0 saturated carbocycles. The Labute approximate surface area is 176 Å². The maximum Gasteiger partial charge on any atom is 0.406 e. The van der Waals surface area contributed by atoms with Gasteiger partial charge in [0, 0.05) is 49.5 Å². The molecule has 0 radical (unpaired) electrons. The lowest BCUT2D eigenvalue weighted by atomic mass is 9.99. The van der Waals surface area contributed by atoms with Crippen molar-refractivity contribution in [2.24, 2.45) is 0 Å². The fraction of sp³-hybridized carbons (Fsp3) is 0.600. The highest BCUT2D eigenvalue weighted by atomic mass is 127. The number of benzene rings is 1. The molecule has 28 heavy (non-hydrogen) atoms. The van der Waals surface area contributed by atoms with E-state index in [0.717, 1.165) is 63.1 Å². The van der Waals surface area contributed by atoms with Gasteiger partial charge in [-0.2, -0.15) is 13.2 Å². The fourth-order valence-electron chi connectivity index (χ4n) is 4.40. The lowest BCUT2D eigenvalue weighted by Crippen LogP contribution is -2.46. The molecule has 0 bridgehead atoms. The number of aromatic nitrogens is 1. The summed E-state index contributed by atoms with van der Waals surface area (Å²) in [5.41, 5.74) is 1.56. The minimum Gasteiger partial charge on any atom is -0.382 e. The molecule has 0 spiro atoms. The first-order valence-corrected chi connectivity index (χ1v) is 10.9. The predicted molar refractivity (Wildman–Crippen MR) is 113 cm³/mol. The van der Waals surface area contributed by atoms with Crippen molar-refractivity contribution in [2.75, 3.05) is 31.6 Å². The average molecular weight is 507 g/mol. The quantitative estimate of drug-likeness (QED) is 0.600. The van der Waals surface area contributed by atoms with Gasteiger partial charge in [-0.25, -0.2) is 0 Å². The molecule has 4 rings (SSSR count). The maximum absolute atomic E-state index is 12.9. The molecule has 154 valence electrons. The second kappa shape index (κ2) is 8.39. The van der Waals surface area contributed by atoms with Crippen molar-refractivity contribution in [3.05, 3.63) is 28.0 Å². The van der Waals surface area contributed by atoms with Crippen LogP contribution < -0.4 is 5.32 Å². The Balaban J connectivity index is 1.45. The number of nitrogens with zero attached hydrogens (tertiary/aromatic N) is 2. The van der Waals surface area contributed by atoms with Gasteiger partial charge in [0.05, 0.1) is 9.22 Å². The summed E-state index contributed by atoms with van der Waals surface area (Å²) in [4.78, 5) is 2.57. The van der Waals surface area contributed by atoms with Crippen molar-refractivity contribution in [1.82, 2.24) is 9.47 Å². The lowest BCUT2D eigenvalue weighted by Gasteiger charge is -2.39. The van der Waals surface area contributed by atoms with Gasteiger partial charge < -0.3 is 19.5 Å². The van der Waals surface area contributed by atoms with Gasteiger partial charge in [0.25, 0.3) is 0 Å². The third-order valence-electron chi connectivity index (χ3n) is 5.83. The van der Waals surface area contributed by atoms with Crippen molar-refractivity contribution >= 4 is 39.2 Å². The molecular formula is C20H25F3IN3O. The van der Waals surface area contributed by atoms with E-state index in [1.54, 1.807) is 6.07 Å².